The molecule has 0 fully saturated rings. The third-order valence-electron chi connectivity index (χ3n) is 2.14. The van der Waals surface area contributed by atoms with Gasteiger partial charge in [-0.15, -0.1) is 0 Å². The van der Waals surface area contributed by atoms with Crippen molar-refractivity contribution in [3.8, 4) is 0 Å². The van der Waals surface area contributed by atoms with Crippen LogP contribution in [0.15, 0.2) is 30.3 Å². The van der Waals surface area contributed by atoms with Crippen molar-refractivity contribution in [1.29, 1.82) is 0 Å². The summed E-state index contributed by atoms with van der Waals surface area (Å²) >= 11 is 0. The van der Waals surface area contributed by atoms with Crippen LogP contribution in [0.3, 0.4) is 0 Å². The Bertz CT molecular complexity index is 388. The minimum absolute atomic E-state index is 0.172. The van der Waals surface area contributed by atoms with E-state index in [0.717, 1.165) is 0 Å². The molecule has 1 rings (SSSR count). The molecule has 1 aromatic rings. The van der Waals surface area contributed by atoms with E-state index in [4.69, 9.17) is 9.47 Å². The molecule has 98 valence electrons. The third kappa shape index (κ3) is 4.97. The van der Waals surface area contributed by atoms with Crippen molar-refractivity contribution >= 4 is 11.9 Å². The Hall–Kier alpha value is -1.88. The second-order valence-corrected chi connectivity index (χ2v) is 3.65. The van der Waals surface area contributed by atoms with Crippen molar-refractivity contribution in [3.05, 3.63) is 35.9 Å². The molecule has 0 bridgehead atoms. The van der Waals surface area contributed by atoms with Crippen molar-refractivity contribution in [2.75, 3.05) is 13.2 Å². The van der Waals surface area contributed by atoms with E-state index in [-0.39, 0.29) is 19.6 Å². The van der Waals surface area contributed by atoms with Crippen LogP contribution in [0.25, 0.3) is 0 Å². The van der Waals surface area contributed by atoms with Gasteiger partial charge in [-0.25, -0.2) is 4.79 Å². The number of ether oxygens (including phenoxy) is 2. The van der Waals surface area contributed by atoms with E-state index in [9.17, 15) is 14.7 Å². The van der Waals surface area contributed by atoms with Crippen molar-refractivity contribution in [3.63, 3.8) is 0 Å². The zero-order valence-electron chi connectivity index (χ0n) is 10.2. The molecule has 0 aliphatic carbocycles. The van der Waals surface area contributed by atoms with Crippen LogP contribution in [0.5, 0.6) is 0 Å². The zero-order valence-corrected chi connectivity index (χ0v) is 10.2. The average Bonchev–Trinajstić information content (AvgIpc) is 2.42. The van der Waals surface area contributed by atoms with Crippen LogP contribution in [-0.4, -0.2) is 36.4 Å². The van der Waals surface area contributed by atoms with E-state index >= 15 is 0 Å². The topological polar surface area (TPSA) is 72.8 Å². The highest BCUT2D eigenvalue weighted by atomic mass is 16.6. The monoisotopic (exact) mass is 252 g/mol. The molecule has 0 spiro atoms. The number of carbonyl (C=O) groups is 2. The number of rotatable bonds is 6. The number of aliphatic hydroxyl groups excluding tert-OH is 1. The van der Waals surface area contributed by atoms with Crippen molar-refractivity contribution in [1.82, 2.24) is 0 Å². The average molecular weight is 252 g/mol. The molecule has 0 aliphatic heterocycles. The summed E-state index contributed by atoms with van der Waals surface area (Å²) in [5, 5.41) is 9.43. The second kappa shape index (κ2) is 7.45. The molecular weight excluding hydrogens is 236 g/mol. The van der Waals surface area contributed by atoms with Gasteiger partial charge in [0.2, 0.25) is 0 Å². The predicted octanol–water partition coefficient (Wildman–Crippen LogP) is 1.16. The van der Waals surface area contributed by atoms with Gasteiger partial charge in [0.15, 0.2) is 0 Å². The first-order valence-corrected chi connectivity index (χ1v) is 5.69. The lowest BCUT2D eigenvalue weighted by Gasteiger charge is -2.11. The number of benzene rings is 1. The Kier molecular flexibility index (Phi) is 5.87. The maximum atomic E-state index is 11.5. The van der Waals surface area contributed by atoms with Gasteiger partial charge in [0.1, 0.15) is 19.3 Å². The van der Waals surface area contributed by atoms with E-state index < -0.39 is 18.0 Å². The minimum Gasteiger partial charge on any atom is -0.463 e. The van der Waals surface area contributed by atoms with Gasteiger partial charge in [0.05, 0.1) is 5.56 Å². The molecule has 0 radical (unpaired) electrons. The first kappa shape index (κ1) is 14.2. The largest absolute Gasteiger partial charge is 0.463 e. The maximum absolute atomic E-state index is 11.5. The molecule has 0 aromatic heterocycles. The minimum atomic E-state index is -1.01. The quantitative estimate of drug-likeness (QED) is 0.769. The molecule has 0 heterocycles. The summed E-state index contributed by atoms with van der Waals surface area (Å²) in [6.07, 6.45) is -0.760. The van der Waals surface area contributed by atoms with Gasteiger partial charge in [-0.2, -0.15) is 0 Å². The van der Waals surface area contributed by atoms with Gasteiger partial charge in [0, 0.05) is 6.42 Å². The highest BCUT2D eigenvalue weighted by Gasteiger charge is 2.12. The number of hydrogen-bond acceptors (Lipinski definition) is 5. The number of esters is 2. The fourth-order valence-electron chi connectivity index (χ4n) is 1.17. The van der Waals surface area contributed by atoms with Gasteiger partial charge in [-0.3, -0.25) is 4.79 Å². The Labute approximate surface area is 105 Å². The third-order valence-corrected chi connectivity index (χ3v) is 2.14. The van der Waals surface area contributed by atoms with Crippen molar-refractivity contribution < 1.29 is 24.2 Å². The van der Waals surface area contributed by atoms with Gasteiger partial charge >= 0.3 is 11.9 Å². The number of hydrogen-bond donors (Lipinski definition) is 1. The van der Waals surface area contributed by atoms with Gasteiger partial charge in [0.25, 0.3) is 0 Å². The SMILES string of the molecule is CCC(=O)OCC(O)COC(=O)c1ccccc1. The second-order valence-electron chi connectivity index (χ2n) is 3.65. The molecule has 1 unspecified atom stereocenters. The van der Waals surface area contributed by atoms with Gasteiger partial charge in [-0.1, -0.05) is 25.1 Å². The Morgan fingerprint density at radius 2 is 1.78 bits per heavy atom. The molecule has 0 amide bonds. The first-order chi connectivity index (χ1) is 8.63. The fraction of sp³-hybridized carbons (Fsp3) is 0.385. The van der Waals surface area contributed by atoms with E-state index in [1.54, 1.807) is 37.3 Å². The number of carbonyl (C=O) groups excluding carboxylic acids is 2. The lowest BCUT2D eigenvalue weighted by atomic mass is 10.2. The van der Waals surface area contributed by atoms with Crippen LogP contribution in [0, 0.1) is 0 Å². The Morgan fingerprint density at radius 1 is 1.17 bits per heavy atom. The highest BCUT2D eigenvalue weighted by molar-refractivity contribution is 5.89. The Balaban J connectivity index is 2.28. The van der Waals surface area contributed by atoms with Crippen LogP contribution in [0.1, 0.15) is 23.7 Å². The van der Waals surface area contributed by atoms with Crippen LogP contribution in [0.2, 0.25) is 0 Å². The lowest BCUT2D eigenvalue weighted by molar-refractivity contribution is -0.146. The van der Waals surface area contributed by atoms with Crippen molar-refractivity contribution in [2.45, 2.75) is 19.4 Å². The summed E-state index contributed by atoms with van der Waals surface area (Å²) in [6, 6.07) is 8.46. The van der Waals surface area contributed by atoms with Gasteiger partial charge in [-0.05, 0) is 12.1 Å². The van der Waals surface area contributed by atoms with E-state index in [2.05, 4.69) is 0 Å². The first-order valence-electron chi connectivity index (χ1n) is 5.69. The fourth-order valence-corrected chi connectivity index (χ4v) is 1.17. The lowest BCUT2D eigenvalue weighted by Crippen LogP contribution is -2.25. The zero-order chi connectivity index (χ0) is 13.4. The highest BCUT2D eigenvalue weighted by Crippen LogP contribution is 2.01. The maximum Gasteiger partial charge on any atom is 0.338 e. The summed E-state index contributed by atoms with van der Waals surface area (Å²) in [5.41, 5.74) is 0.412. The summed E-state index contributed by atoms with van der Waals surface area (Å²) in [5.74, 6) is -0.917. The number of aliphatic hydroxyl groups is 1. The molecule has 5 heteroatoms. The van der Waals surface area contributed by atoms with Crippen LogP contribution in [0.4, 0.5) is 0 Å². The van der Waals surface area contributed by atoms with E-state index in [0.29, 0.717) is 5.56 Å². The molecule has 18 heavy (non-hydrogen) atoms. The molecule has 5 nitrogen and oxygen atoms in total. The summed E-state index contributed by atoms with van der Waals surface area (Å²) in [7, 11) is 0. The molecule has 1 aromatic carbocycles. The van der Waals surface area contributed by atoms with Gasteiger partial charge < -0.3 is 14.6 Å². The molecule has 0 saturated carbocycles. The molecule has 0 saturated heterocycles. The smallest absolute Gasteiger partial charge is 0.338 e. The summed E-state index contributed by atoms with van der Waals surface area (Å²) < 4.78 is 9.59. The van der Waals surface area contributed by atoms with Crippen LogP contribution < -0.4 is 0 Å². The van der Waals surface area contributed by atoms with Crippen LogP contribution >= 0.6 is 0 Å². The van der Waals surface area contributed by atoms with E-state index in [1.807, 2.05) is 0 Å². The Morgan fingerprint density at radius 3 is 2.39 bits per heavy atom. The standard InChI is InChI=1S/C13H16O5/c1-2-12(15)17-8-11(14)9-18-13(16)10-6-4-3-5-7-10/h3-7,11,14H,2,8-9H2,1H3. The van der Waals surface area contributed by atoms with Crippen LogP contribution in [-0.2, 0) is 14.3 Å². The predicted molar refractivity (Wildman–Crippen MR) is 64.0 cm³/mol. The molecular formula is C13H16O5. The normalized spacial score (nSPS) is 11.7. The summed E-state index contributed by atoms with van der Waals surface area (Å²) in [4.78, 5) is 22.3. The molecule has 1 atom stereocenters. The summed E-state index contributed by atoms with van der Waals surface area (Å²) in [6.45, 7) is 1.28. The van der Waals surface area contributed by atoms with Crippen molar-refractivity contribution in [2.24, 2.45) is 0 Å². The molecule has 0 aliphatic rings. The molecule has 1 N–H and O–H groups in total. The van der Waals surface area contributed by atoms with E-state index in [1.165, 1.54) is 0 Å².